The minimum atomic E-state index is -0.817. The Morgan fingerprint density at radius 1 is 1.18 bits per heavy atom. The average Bonchev–Trinajstić information content (AvgIpc) is 2.97. The van der Waals surface area contributed by atoms with Crippen molar-refractivity contribution in [3.05, 3.63) is 33.8 Å². The molecule has 2 saturated heterocycles. The fraction of sp³-hybridized carbons (Fsp3) is 0.533. The van der Waals surface area contributed by atoms with E-state index < -0.39 is 23.1 Å². The van der Waals surface area contributed by atoms with Crippen LogP contribution in [-0.4, -0.2) is 61.0 Å². The second kappa shape index (κ2) is 6.60. The van der Waals surface area contributed by atoms with Crippen molar-refractivity contribution in [1.29, 1.82) is 0 Å². The summed E-state index contributed by atoms with van der Waals surface area (Å²) in [7, 11) is 0. The van der Waals surface area contributed by atoms with Crippen molar-refractivity contribution in [2.24, 2.45) is 0 Å². The molecule has 7 heteroatoms. The van der Waals surface area contributed by atoms with Gasteiger partial charge >= 0.3 is 0 Å². The van der Waals surface area contributed by atoms with Gasteiger partial charge in [-0.2, -0.15) is 0 Å². The zero-order chi connectivity index (χ0) is 15.7. The molecule has 2 fully saturated rings. The highest BCUT2D eigenvalue weighted by molar-refractivity contribution is 9.10. The Labute approximate surface area is 136 Å². The van der Waals surface area contributed by atoms with Crippen molar-refractivity contribution in [2.45, 2.75) is 12.5 Å². The lowest BCUT2D eigenvalue weighted by Crippen LogP contribution is -2.49. The lowest BCUT2D eigenvalue weighted by Gasteiger charge is -2.32. The number of nitrogens with one attached hydrogen (secondary N) is 1. The van der Waals surface area contributed by atoms with Crippen LogP contribution < -0.4 is 5.32 Å². The molecule has 1 aromatic carbocycles. The van der Waals surface area contributed by atoms with Gasteiger partial charge in [0.05, 0.1) is 0 Å². The molecule has 0 spiro atoms. The third kappa shape index (κ3) is 3.16. The van der Waals surface area contributed by atoms with Crippen LogP contribution in [0.25, 0.3) is 0 Å². The van der Waals surface area contributed by atoms with Crippen molar-refractivity contribution < 1.29 is 13.6 Å². The van der Waals surface area contributed by atoms with Gasteiger partial charge in [0.2, 0.25) is 0 Å². The number of nitrogens with zero attached hydrogens (tertiary/aromatic N) is 2. The van der Waals surface area contributed by atoms with Crippen LogP contribution in [0, 0.1) is 11.6 Å². The molecule has 1 amide bonds. The highest BCUT2D eigenvalue weighted by atomic mass is 79.9. The molecule has 4 nitrogen and oxygen atoms in total. The summed E-state index contributed by atoms with van der Waals surface area (Å²) in [5, 5.41) is 3.29. The van der Waals surface area contributed by atoms with E-state index in [4.69, 9.17) is 0 Å². The van der Waals surface area contributed by atoms with Gasteiger partial charge in [-0.3, -0.25) is 9.69 Å². The molecule has 120 valence electrons. The van der Waals surface area contributed by atoms with E-state index in [0.29, 0.717) is 17.6 Å². The summed E-state index contributed by atoms with van der Waals surface area (Å²) in [6.07, 6.45) is 0.853. The largest absolute Gasteiger partial charge is 0.337 e. The molecule has 1 aromatic rings. The predicted molar refractivity (Wildman–Crippen MR) is 82.8 cm³/mol. The second-order valence-electron chi connectivity index (χ2n) is 5.72. The molecular formula is C15H18BrF2N3O. The summed E-state index contributed by atoms with van der Waals surface area (Å²) in [5.74, 6) is -2.19. The number of amides is 1. The van der Waals surface area contributed by atoms with Crippen molar-refractivity contribution in [3.8, 4) is 0 Å². The molecule has 0 saturated carbocycles. The van der Waals surface area contributed by atoms with Gasteiger partial charge in [-0.15, -0.1) is 0 Å². The van der Waals surface area contributed by atoms with E-state index in [1.807, 2.05) is 0 Å². The monoisotopic (exact) mass is 373 g/mol. The zero-order valence-corrected chi connectivity index (χ0v) is 13.7. The van der Waals surface area contributed by atoms with Crippen molar-refractivity contribution in [3.63, 3.8) is 0 Å². The smallest absolute Gasteiger partial charge is 0.259 e. The van der Waals surface area contributed by atoms with Gasteiger partial charge in [0.1, 0.15) is 17.2 Å². The molecule has 0 aromatic heterocycles. The van der Waals surface area contributed by atoms with Gasteiger partial charge in [0, 0.05) is 49.8 Å². The minimum Gasteiger partial charge on any atom is -0.337 e. The van der Waals surface area contributed by atoms with E-state index in [0.717, 1.165) is 44.7 Å². The van der Waals surface area contributed by atoms with Gasteiger partial charge in [-0.05, 0) is 18.6 Å². The molecule has 1 atom stereocenters. The number of benzene rings is 1. The Kier molecular flexibility index (Phi) is 4.75. The quantitative estimate of drug-likeness (QED) is 0.859. The number of hydrogen-bond donors (Lipinski definition) is 1. The molecule has 3 rings (SSSR count). The molecule has 0 radical (unpaired) electrons. The molecule has 2 aliphatic heterocycles. The van der Waals surface area contributed by atoms with E-state index in [2.05, 4.69) is 26.1 Å². The van der Waals surface area contributed by atoms with Crippen LogP contribution in [0.3, 0.4) is 0 Å². The van der Waals surface area contributed by atoms with Gasteiger partial charge in [0.15, 0.2) is 0 Å². The average molecular weight is 374 g/mol. The fourth-order valence-corrected chi connectivity index (χ4v) is 3.58. The van der Waals surface area contributed by atoms with Crippen LogP contribution in [0.5, 0.6) is 0 Å². The fourth-order valence-electron chi connectivity index (χ4n) is 3.18. The number of rotatable bonds is 2. The van der Waals surface area contributed by atoms with E-state index in [1.54, 1.807) is 4.90 Å². The number of likely N-dealkylation sites (tertiary alicyclic amines) is 1. The predicted octanol–water partition coefficient (Wildman–Crippen LogP) is 1.85. The van der Waals surface area contributed by atoms with Gasteiger partial charge < -0.3 is 10.2 Å². The number of halogens is 3. The third-order valence-corrected chi connectivity index (χ3v) is 4.80. The maximum Gasteiger partial charge on any atom is 0.259 e. The first-order chi connectivity index (χ1) is 10.6. The highest BCUT2D eigenvalue weighted by Crippen LogP contribution is 2.24. The summed E-state index contributed by atoms with van der Waals surface area (Å²) in [4.78, 5) is 16.3. The topological polar surface area (TPSA) is 35.6 Å². The summed E-state index contributed by atoms with van der Waals surface area (Å²) >= 11 is 3.02. The Morgan fingerprint density at radius 2 is 1.82 bits per heavy atom. The highest BCUT2D eigenvalue weighted by Gasteiger charge is 2.33. The number of hydrogen-bond acceptors (Lipinski definition) is 3. The molecule has 22 heavy (non-hydrogen) atoms. The standard InChI is InChI=1S/C15H18BrF2N3O/c16-10-7-12(17)14(13(18)8-10)15(22)21-4-1-11(9-21)20-5-2-19-3-6-20/h7-8,11,19H,1-6,9H2. The summed E-state index contributed by atoms with van der Waals surface area (Å²) in [5.41, 5.74) is -0.454. The summed E-state index contributed by atoms with van der Waals surface area (Å²) < 4.78 is 28.2. The first-order valence-corrected chi connectivity index (χ1v) is 8.24. The Morgan fingerprint density at radius 3 is 2.45 bits per heavy atom. The molecule has 1 N–H and O–H groups in total. The summed E-state index contributed by atoms with van der Waals surface area (Å²) in [6, 6.07) is 2.54. The first kappa shape index (κ1) is 15.8. The third-order valence-electron chi connectivity index (χ3n) is 4.34. The SMILES string of the molecule is O=C(c1c(F)cc(Br)cc1F)N1CCC(N2CCNCC2)C1. The molecule has 1 unspecified atom stereocenters. The number of carbonyl (C=O) groups is 1. The van der Waals surface area contributed by atoms with Gasteiger partial charge in [-0.1, -0.05) is 15.9 Å². The van der Waals surface area contributed by atoms with Crippen LogP contribution in [0.1, 0.15) is 16.8 Å². The van der Waals surface area contributed by atoms with Crippen LogP contribution in [0.2, 0.25) is 0 Å². The van der Waals surface area contributed by atoms with E-state index >= 15 is 0 Å². The van der Waals surface area contributed by atoms with E-state index in [9.17, 15) is 13.6 Å². The minimum absolute atomic E-state index is 0.285. The second-order valence-corrected chi connectivity index (χ2v) is 6.64. The van der Waals surface area contributed by atoms with Crippen LogP contribution in [0.4, 0.5) is 8.78 Å². The lowest BCUT2D eigenvalue weighted by atomic mass is 10.1. The molecular weight excluding hydrogens is 356 g/mol. The van der Waals surface area contributed by atoms with Gasteiger partial charge in [0.25, 0.3) is 5.91 Å². The van der Waals surface area contributed by atoms with Crippen molar-refractivity contribution in [2.75, 3.05) is 39.3 Å². The zero-order valence-electron chi connectivity index (χ0n) is 12.1. The molecule has 2 aliphatic rings. The first-order valence-electron chi connectivity index (χ1n) is 7.45. The molecule has 2 heterocycles. The van der Waals surface area contributed by atoms with E-state index in [-0.39, 0.29) is 6.04 Å². The van der Waals surface area contributed by atoms with Crippen LogP contribution >= 0.6 is 15.9 Å². The Hall–Kier alpha value is -1.05. The van der Waals surface area contributed by atoms with Gasteiger partial charge in [-0.25, -0.2) is 8.78 Å². The maximum atomic E-state index is 13.9. The normalized spacial score (nSPS) is 23.0. The maximum absolute atomic E-state index is 13.9. The molecule has 0 bridgehead atoms. The summed E-state index contributed by atoms with van der Waals surface area (Å²) in [6.45, 7) is 4.87. The van der Waals surface area contributed by atoms with Crippen molar-refractivity contribution >= 4 is 21.8 Å². The number of carbonyl (C=O) groups excluding carboxylic acids is 1. The number of piperazine rings is 1. The lowest BCUT2D eigenvalue weighted by molar-refractivity contribution is 0.0764. The Balaban J connectivity index is 1.71. The molecule has 0 aliphatic carbocycles. The van der Waals surface area contributed by atoms with Crippen LogP contribution in [-0.2, 0) is 0 Å². The Bertz CT molecular complexity index is 555. The van der Waals surface area contributed by atoms with Crippen LogP contribution in [0.15, 0.2) is 16.6 Å². The van der Waals surface area contributed by atoms with E-state index in [1.165, 1.54) is 0 Å². The van der Waals surface area contributed by atoms with Crippen molar-refractivity contribution in [1.82, 2.24) is 15.1 Å².